The van der Waals surface area contributed by atoms with E-state index in [1.165, 1.54) is 0 Å². The Morgan fingerprint density at radius 1 is 1.41 bits per heavy atom. The molecule has 88 valence electrons. The summed E-state index contributed by atoms with van der Waals surface area (Å²) in [6, 6.07) is 9.60. The summed E-state index contributed by atoms with van der Waals surface area (Å²) in [4.78, 5) is 12.1. The highest BCUT2D eigenvalue weighted by Crippen LogP contribution is 2.12. The first-order valence-corrected chi connectivity index (χ1v) is 6.42. The largest absolute Gasteiger partial charge is 0.294 e. The van der Waals surface area contributed by atoms with Crippen LogP contribution in [-0.2, 0) is 13.5 Å². The van der Waals surface area contributed by atoms with Crippen LogP contribution in [0.2, 0.25) is 0 Å². The Labute approximate surface area is 114 Å². The molecule has 0 unspecified atom stereocenters. The Morgan fingerprint density at radius 3 is 2.76 bits per heavy atom. The first-order valence-electron chi connectivity index (χ1n) is 5.34. The maximum absolute atomic E-state index is 12.1. The van der Waals surface area contributed by atoms with Crippen molar-refractivity contribution in [3.8, 4) is 0 Å². The summed E-state index contributed by atoms with van der Waals surface area (Å²) in [6.07, 6.45) is 0.400. The second kappa shape index (κ2) is 5.00. The highest BCUT2D eigenvalue weighted by molar-refractivity contribution is 14.1. The predicted octanol–water partition coefficient (Wildman–Crippen LogP) is 2.76. The van der Waals surface area contributed by atoms with Crippen LogP contribution in [0.4, 0.5) is 0 Å². The zero-order valence-corrected chi connectivity index (χ0v) is 11.9. The van der Waals surface area contributed by atoms with E-state index in [0.29, 0.717) is 6.42 Å². The van der Waals surface area contributed by atoms with E-state index in [2.05, 4.69) is 27.7 Å². The molecule has 3 nitrogen and oxygen atoms in total. The SMILES string of the molecule is Cc1cc(CC(=O)c2cccc(I)c2)n(C)n1. The van der Waals surface area contributed by atoms with Crippen molar-refractivity contribution in [1.29, 1.82) is 0 Å². The van der Waals surface area contributed by atoms with Crippen molar-refractivity contribution in [2.24, 2.45) is 7.05 Å². The van der Waals surface area contributed by atoms with Crippen LogP contribution in [0.1, 0.15) is 21.7 Å². The van der Waals surface area contributed by atoms with Crippen molar-refractivity contribution in [2.45, 2.75) is 13.3 Å². The summed E-state index contributed by atoms with van der Waals surface area (Å²) in [5.74, 6) is 0.131. The molecule has 4 heteroatoms. The van der Waals surface area contributed by atoms with Crippen LogP contribution in [0.5, 0.6) is 0 Å². The van der Waals surface area contributed by atoms with Crippen LogP contribution in [0, 0.1) is 10.5 Å². The second-order valence-corrected chi connectivity index (χ2v) is 5.26. The summed E-state index contributed by atoms with van der Waals surface area (Å²) >= 11 is 2.21. The molecule has 2 rings (SSSR count). The molecule has 0 aliphatic rings. The van der Waals surface area contributed by atoms with Crippen LogP contribution in [0.25, 0.3) is 0 Å². The number of halogens is 1. The van der Waals surface area contributed by atoms with Crippen molar-refractivity contribution in [3.63, 3.8) is 0 Å². The van der Waals surface area contributed by atoms with Crippen molar-refractivity contribution < 1.29 is 4.79 Å². The van der Waals surface area contributed by atoms with Gasteiger partial charge in [-0.1, -0.05) is 12.1 Å². The lowest BCUT2D eigenvalue weighted by Crippen LogP contribution is -2.08. The molecule has 0 N–H and O–H groups in total. The number of carbonyl (C=O) groups excluding carboxylic acids is 1. The average Bonchev–Trinajstić information content (AvgIpc) is 2.57. The molecule has 1 aromatic carbocycles. The van der Waals surface area contributed by atoms with Gasteiger partial charge in [-0.25, -0.2) is 0 Å². The van der Waals surface area contributed by atoms with Gasteiger partial charge < -0.3 is 0 Å². The molecule has 0 amide bonds. The van der Waals surface area contributed by atoms with E-state index in [1.807, 2.05) is 44.3 Å². The van der Waals surface area contributed by atoms with E-state index in [-0.39, 0.29) is 5.78 Å². The maximum atomic E-state index is 12.1. The van der Waals surface area contributed by atoms with Crippen LogP contribution in [0.3, 0.4) is 0 Å². The van der Waals surface area contributed by atoms with E-state index < -0.39 is 0 Å². The smallest absolute Gasteiger partial charge is 0.168 e. The van der Waals surface area contributed by atoms with Crippen LogP contribution in [-0.4, -0.2) is 15.6 Å². The monoisotopic (exact) mass is 340 g/mol. The molecule has 1 heterocycles. The third kappa shape index (κ3) is 2.94. The van der Waals surface area contributed by atoms with Gasteiger partial charge in [0.1, 0.15) is 0 Å². The Hall–Kier alpha value is -1.17. The normalized spacial score (nSPS) is 10.5. The van der Waals surface area contributed by atoms with Gasteiger partial charge in [-0.15, -0.1) is 0 Å². The molecule has 0 saturated carbocycles. The molecule has 17 heavy (non-hydrogen) atoms. The zero-order chi connectivity index (χ0) is 12.4. The van der Waals surface area contributed by atoms with Gasteiger partial charge in [0.2, 0.25) is 0 Å². The van der Waals surface area contributed by atoms with Gasteiger partial charge in [-0.05, 0) is 47.7 Å². The molecule has 0 aliphatic carbocycles. The Kier molecular flexibility index (Phi) is 3.61. The summed E-state index contributed by atoms with van der Waals surface area (Å²) in [7, 11) is 1.87. The molecule has 0 atom stereocenters. The minimum absolute atomic E-state index is 0.131. The van der Waals surface area contributed by atoms with Gasteiger partial charge in [0.25, 0.3) is 0 Å². The Bertz CT molecular complexity index is 560. The number of hydrogen-bond donors (Lipinski definition) is 0. The molecular formula is C13H13IN2O. The van der Waals surface area contributed by atoms with E-state index in [1.54, 1.807) is 4.68 Å². The van der Waals surface area contributed by atoms with E-state index in [4.69, 9.17) is 0 Å². The van der Waals surface area contributed by atoms with E-state index >= 15 is 0 Å². The molecule has 1 aromatic heterocycles. The standard InChI is InChI=1S/C13H13IN2O/c1-9-6-12(16(2)15-9)8-13(17)10-4-3-5-11(14)7-10/h3-7H,8H2,1-2H3. The number of Topliss-reactive ketones (excluding diaryl/α,β-unsaturated/α-hetero) is 1. The fourth-order valence-corrected chi connectivity index (χ4v) is 2.30. The summed E-state index contributed by atoms with van der Waals surface area (Å²) in [6.45, 7) is 1.93. The number of nitrogens with zero attached hydrogens (tertiary/aromatic N) is 2. The first kappa shape index (κ1) is 12.3. The minimum atomic E-state index is 0.131. The van der Waals surface area contributed by atoms with Crippen molar-refractivity contribution in [2.75, 3.05) is 0 Å². The van der Waals surface area contributed by atoms with Crippen molar-refractivity contribution >= 4 is 28.4 Å². The number of hydrogen-bond acceptors (Lipinski definition) is 2. The lowest BCUT2D eigenvalue weighted by Gasteiger charge is -2.02. The Morgan fingerprint density at radius 2 is 2.18 bits per heavy atom. The third-order valence-electron chi connectivity index (χ3n) is 2.59. The number of aryl methyl sites for hydroxylation is 2. The maximum Gasteiger partial charge on any atom is 0.168 e. The average molecular weight is 340 g/mol. The highest BCUT2D eigenvalue weighted by Gasteiger charge is 2.10. The van der Waals surface area contributed by atoms with Gasteiger partial charge in [0.05, 0.1) is 12.1 Å². The van der Waals surface area contributed by atoms with Gasteiger partial charge in [-0.3, -0.25) is 9.48 Å². The van der Waals surface area contributed by atoms with Gasteiger partial charge >= 0.3 is 0 Å². The van der Waals surface area contributed by atoms with Crippen LogP contribution in [0.15, 0.2) is 30.3 Å². The molecule has 0 radical (unpaired) electrons. The van der Waals surface area contributed by atoms with Crippen molar-refractivity contribution in [1.82, 2.24) is 9.78 Å². The predicted molar refractivity (Wildman–Crippen MR) is 75.1 cm³/mol. The van der Waals surface area contributed by atoms with Gasteiger partial charge in [0.15, 0.2) is 5.78 Å². The molecule has 0 fully saturated rings. The first-order chi connectivity index (χ1) is 8.06. The molecule has 0 spiro atoms. The molecule has 0 bridgehead atoms. The summed E-state index contributed by atoms with van der Waals surface area (Å²) < 4.78 is 2.84. The number of rotatable bonds is 3. The number of carbonyl (C=O) groups is 1. The Balaban J connectivity index is 2.20. The lowest BCUT2D eigenvalue weighted by molar-refractivity contribution is 0.0990. The highest BCUT2D eigenvalue weighted by atomic mass is 127. The second-order valence-electron chi connectivity index (χ2n) is 4.01. The fraction of sp³-hybridized carbons (Fsp3) is 0.231. The number of ketones is 1. The van der Waals surface area contributed by atoms with Gasteiger partial charge in [0, 0.05) is 21.9 Å². The summed E-state index contributed by atoms with van der Waals surface area (Å²) in [5, 5.41) is 4.24. The minimum Gasteiger partial charge on any atom is -0.294 e. The van der Waals surface area contributed by atoms with Crippen molar-refractivity contribution in [3.05, 3.63) is 50.9 Å². The van der Waals surface area contributed by atoms with Gasteiger partial charge in [-0.2, -0.15) is 5.10 Å². The zero-order valence-electron chi connectivity index (χ0n) is 9.77. The summed E-state index contributed by atoms with van der Waals surface area (Å²) in [5.41, 5.74) is 2.65. The molecule has 2 aromatic rings. The quantitative estimate of drug-likeness (QED) is 0.636. The molecule has 0 aliphatic heterocycles. The van der Waals surface area contributed by atoms with E-state index in [9.17, 15) is 4.79 Å². The van der Waals surface area contributed by atoms with Crippen LogP contribution >= 0.6 is 22.6 Å². The fourth-order valence-electron chi connectivity index (χ4n) is 1.76. The lowest BCUT2D eigenvalue weighted by atomic mass is 10.1. The molecular weight excluding hydrogens is 327 g/mol. The number of benzene rings is 1. The van der Waals surface area contributed by atoms with E-state index in [0.717, 1.165) is 20.5 Å². The third-order valence-corrected chi connectivity index (χ3v) is 3.26. The number of aromatic nitrogens is 2. The molecule has 0 saturated heterocycles. The van der Waals surface area contributed by atoms with Crippen LogP contribution < -0.4 is 0 Å². The topological polar surface area (TPSA) is 34.9 Å².